The average Bonchev–Trinajstić information content (AvgIpc) is 3.16. The molecule has 130 valence electrons. The third-order valence-corrected chi connectivity index (χ3v) is 6.52. The van der Waals surface area contributed by atoms with Gasteiger partial charge in [-0.05, 0) is 24.5 Å². The summed E-state index contributed by atoms with van der Waals surface area (Å²) in [6.07, 6.45) is 5.21. The molecule has 0 saturated carbocycles. The molecule has 0 aromatic heterocycles. The first-order chi connectivity index (χ1) is 11.6. The second kappa shape index (κ2) is 7.46. The van der Waals surface area contributed by atoms with E-state index in [1.165, 1.54) is 4.31 Å². The largest absolute Gasteiger partial charge is 0.337 e. The maximum atomic E-state index is 12.5. The Morgan fingerprint density at radius 2 is 1.46 bits per heavy atom. The summed E-state index contributed by atoms with van der Waals surface area (Å²) in [5, 5.41) is 0. The molecule has 2 fully saturated rings. The van der Waals surface area contributed by atoms with Crippen molar-refractivity contribution in [3.63, 3.8) is 0 Å². The van der Waals surface area contributed by atoms with Gasteiger partial charge in [-0.15, -0.1) is 0 Å². The van der Waals surface area contributed by atoms with Crippen molar-refractivity contribution < 1.29 is 13.2 Å². The van der Waals surface area contributed by atoms with Crippen molar-refractivity contribution in [2.24, 2.45) is 0 Å². The number of hydrogen-bond acceptors (Lipinski definition) is 3. The highest BCUT2D eigenvalue weighted by Crippen LogP contribution is 2.18. The first kappa shape index (κ1) is 17.1. The second-order valence-corrected chi connectivity index (χ2v) is 8.01. The average molecular weight is 349 g/mol. The van der Waals surface area contributed by atoms with Gasteiger partial charge in [0.05, 0.1) is 0 Å². The molecule has 1 aromatic rings. The number of amides is 1. The molecule has 0 N–H and O–H groups in total. The van der Waals surface area contributed by atoms with Crippen LogP contribution in [0.4, 0.5) is 0 Å². The van der Waals surface area contributed by atoms with E-state index in [9.17, 15) is 13.2 Å². The topological polar surface area (TPSA) is 60.9 Å². The van der Waals surface area contributed by atoms with Crippen LogP contribution in [0.2, 0.25) is 0 Å². The Labute approximate surface area is 143 Å². The van der Waals surface area contributed by atoms with E-state index >= 15 is 0 Å². The molecule has 6 nitrogen and oxygen atoms in total. The molecule has 0 bridgehead atoms. The molecule has 0 spiro atoms. The van der Waals surface area contributed by atoms with E-state index in [0.29, 0.717) is 39.3 Å². The van der Waals surface area contributed by atoms with Gasteiger partial charge in [0.15, 0.2) is 0 Å². The molecule has 0 aliphatic carbocycles. The highest BCUT2D eigenvalue weighted by atomic mass is 32.2. The number of carbonyl (C=O) groups excluding carboxylic acids is 1. The van der Waals surface area contributed by atoms with Gasteiger partial charge >= 0.3 is 0 Å². The Kier molecular flexibility index (Phi) is 5.33. The molecule has 0 unspecified atom stereocenters. The summed E-state index contributed by atoms with van der Waals surface area (Å²) in [5.41, 5.74) is 0.973. The van der Waals surface area contributed by atoms with Gasteiger partial charge < -0.3 is 4.90 Å². The molecular formula is C17H23N3O3S. The van der Waals surface area contributed by atoms with Gasteiger partial charge in [-0.3, -0.25) is 4.79 Å². The van der Waals surface area contributed by atoms with Crippen molar-refractivity contribution in [2.45, 2.75) is 12.8 Å². The summed E-state index contributed by atoms with van der Waals surface area (Å²) in [6, 6.07) is 9.64. The van der Waals surface area contributed by atoms with E-state index in [1.807, 2.05) is 30.3 Å². The Balaban J connectivity index is 1.55. The highest BCUT2D eigenvalue weighted by Gasteiger charge is 2.34. The van der Waals surface area contributed by atoms with Crippen LogP contribution in [0.5, 0.6) is 0 Å². The molecule has 0 radical (unpaired) electrons. The minimum atomic E-state index is -3.36. The van der Waals surface area contributed by atoms with Crippen LogP contribution in [-0.2, 0) is 15.0 Å². The molecule has 2 aliphatic heterocycles. The van der Waals surface area contributed by atoms with Gasteiger partial charge in [-0.1, -0.05) is 30.3 Å². The van der Waals surface area contributed by atoms with Crippen molar-refractivity contribution in [1.82, 2.24) is 13.5 Å². The predicted octanol–water partition coefficient (Wildman–Crippen LogP) is 1.18. The van der Waals surface area contributed by atoms with E-state index in [4.69, 9.17) is 0 Å². The monoisotopic (exact) mass is 349 g/mol. The van der Waals surface area contributed by atoms with Crippen LogP contribution in [0.15, 0.2) is 36.4 Å². The number of piperazine rings is 1. The van der Waals surface area contributed by atoms with E-state index in [-0.39, 0.29) is 5.91 Å². The minimum Gasteiger partial charge on any atom is -0.337 e. The zero-order valence-corrected chi connectivity index (χ0v) is 14.5. The third kappa shape index (κ3) is 3.85. The summed E-state index contributed by atoms with van der Waals surface area (Å²) >= 11 is 0. The molecule has 1 aromatic carbocycles. The maximum Gasteiger partial charge on any atom is 0.282 e. The first-order valence-corrected chi connectivity index (χ1v) is 9.74. The lowest BCUT2D eigenvalue weighted by molar-refractivity contribution is -0.127. The number of nitrogens with zero attached hydrogens (tertiary/aromatic N) is 3. The van der Waals surface area contributed by atoms with Crippen molar-refractivity contribution in [3.8, 4) is 0 Å². The molecule has 2 heterocycles. The molecular weight excluding hydrogens is 326 g/mol. The van der Waals surface area contributed by atoms with Crippen molar-refractivity contribution >= 4 is 22.2 Å². The summed E-state index contributed by atoms with van der Waals surface area (Å²) in [7, 11) is -3.36. The summed E-state index contributed by atoms with van der Waals surface area (Å²) in [6.45, 7) is 2.83. The van der Waals surface area contributed by atoms with Crippen LogP contribution in [0.25, 0.3) is 6.08 Å². The van der Waals surface area contributed by atoms with Crippen molar-refractivity contribution in [1.29, 1.82) is 0 Å². The van der Waals surface area contributed by atoms with E-state index in [1.54, 1.807) is 21.4 Å². The smallest absolute Gasteiger partial charge is 0.282 e. The molecule has 0 atom stereocenters. The Morgan fingerprint density at radius 3 is 2.08 bits per heavy atom. The van der Waals surface area contributed by atoms with Gasteiger partial charge in [0.2, 0.25) is 5.91 Å². The molecule has 1 amide bonds. The number of carbonyl (C=O) groups is 1. The third-order valence-electron chi connectivity index (χ3n) is 4.49. The van der Waals surface area contributed by atoms with Gasteiger partial charge in [-0.25, -0.2) is 0 Å². The zero-order valence-electron chi connectivity index (χ0n) is 13.7. The Bertz CT molecular complexity index is 689. The van der Waals surface area contributed by atoms with Gasteiger partial charge in [0.1, 0.15) is 0 Å². The van der Waals surface area contributed by atoms with Crippen LogP contribution in [0.1, 0.15) is 18.4 Å². The number of hydrogen-bond donors (Lipinski definition) is 0. The molecule has 24 heavy (non-hydrogen) atoms. The highest BCUT2D eigenvalue weighted by molar-refractivity contribution is 7.86. The second-order valence-electron chi connectivity index (χ2n) is 6.08. The fraction of sp³-hybridized carbons (Fsp3) is 0.471. The Morgan fingerprint density at radius 1 is 0.875 bits per heavy atom. The lowest BCUT2D eigenvalue weighted by Gasteiger charge is -2.35. The summed E-state index contributed by atoms with van der Waals surface area (Å²) in [5.74, 6) is -0.0722. The van der Waals surface area contributed by atoms with Gasteiger partial charge in [-0.2, -0.15) is 17.0 Å². The molecule has 2 aliphatic rings. The lowest BCUT2D eigenvalue weighted by Crippen LogP contribution is -2.53. The zero-order chi connectivity index (χ0) is 17.0. The summed E-state index contributed by atoms with van der Waals surface area (Å²) < 4.78 is 28.1. The molecule has 7 heteroatoms. The summed E-state index contributed by atoms with van der Waals surface area (Å²) in [4.78, 5) is 13.9. The Hall–Kier alpha value is -1.70. The standard InChI is InChI=1S/C17H23N3O3S/c21-17(9-8-16-6-2-1-3-7-16)18-12-14-20(15-13-18)24(22,23)19-10-4-5-11-19/h1-3,6-9H,4-5,10-15H2. The van der Waals surface area contributed by atoms with Crippen molar-refractivity contribution in [3.05, 3.63) is 42.0 Å². The predicted molar refractivity (Wildman–Crippen MR) is 93.4 cm³/mol. The maximum absolute atomic E-state index is 12.5. The quantitative estimate of drug-likeness (QED) is 0.767. The van der Waals surface area contributed by atoms with Gasteiger partial charge in [0, 0.05) is 45.3 Å². The van der Waals surface area contributed by atoms with Crippen molar-refractivity contribution in [2.75, 3.05) is 39.3 Å². The van der Waals surface area contributed by atoms with E-state index in [0.717, 1.165) is 18.4 Å². The van der Waals surface area contributed by atoms with E-state index in [2.05, 4.69) is 0 Å². The SMILES string of the molecule is O=C(C=Cc1ccccc1)N1CCN(S(=O)(=O)N2CCCC2)CC1. The van der Waals surface area contributed by atoms with Crippen LogP contribution < -0.4 is 0 Å². The first-order valence-electron chi connectivity index (χ1n) is 8.34. The molecule has 3 rings (SSSR count). The van der Waals surface area contributed by atoms with Crippen LogP contribution in [0, 0.1) is 0 Å². The van der Waals surface area contributed by atoms with Gasteiger partial charge in [0.25, 0.3) is 10.2 Å². The lowest BCUT2D eigenvalue weighted by atomic mass is 10.2. The molecule has 2 saturated heterocycles. The minimum absolute atomic E-state index is 0.0722. The number of rotatable bonds is 4. The fourth-order valence-corrected chi connectivity index (χ4v) is 4.73. The fourth-order valence-electron chi connectivity index (χ4n) is 3.06. The van der Waals surface area contributed by atoms with E-state index < -0.39 is 10.2 Å². The normalized spacial score (nSPS) is 20.8. The van der Waals surface area contributed by atoms with Crippen LogP contribution >= 0.6 is 0 Å². The number of benzene rings is 1. The van der Waals surface area contributed by atoms with Crippen LogP contribution in [0.3, 0.4) is 0 Å². The van der Waals surface area contributed by atoms with Crippen LogP contribution in [-0.4, -0.2) is 67.1 Å².